The smallest absolute Gasteiger partial charge is 0.230 e. The highest BCUT2D eigenvalue weighted by molar-refractivity contribution is 5.95. The molecule has 1 amide bonds. The summed E-state index contributed by atoms with van der Waals surface area (Å²) in [6.45, 7) is 6.24. The van der Waals surface area contributed by atoms with Crippen LogP contribution in [0.2, 0.25) is 0 Å². The molecule has 5 rings (SSSR count). The lowest BCUT2D eigenvalue weighted by Gasteiger charge is -2.34. The van der Waals surface area contributed by atoms with Gasteiger partial charge in [-0.3, -0.25) is 9.69 Å². The van der Waals surface area contributed by atoms with Crippen molar-refractivity contribution in [3.63, 3.8) is 0 Å². The van der Waals surface area contributed by atoms with Crippen LogP contribution in [0.1, 0.15) is 43.7 Å². The third-order valence-corrected chi connectivity index (χ3v) is 7.36. The molecule has 2 aromatic carbocycles. The summed E-state index contributed by atoms with van der Waals surface area (Å²) in [5.41, 5.74) is 3.00. The molecule has 2 fully saturated rings. The van der Waals surface area contributed by atoms with E-state index in [4.69, 9.17) is 4.98 Å². The van der Waals surface area contributed by atoms with Gasteiger partial charge in [0.1, 0.15) is 11.6 Å². The van der Waals surface area contributed by atoms with Gasteiger partial charge in [0, 0.05) is 36.9 Å². The molecule has 8 heteroatoms. The average Bonchev–Trinajstić information content (AvgIpc) is 3.75. The van der Waals surface area contributed by atoms with Crippen LogP contribution in [0.15, 0.2) is 72.9 Å². The molecule has 5 nitrogen and oxygen atoms in total. The van der Waals surface area contributed by atoms with Crippen LogP contribution in [0, 0.1) is 11.7 Å². The summed E-state index contributed by atoms with van der Waals surface area (Å²) in [5.74, 6) is 0.762. The van der Waals surface area contributed by atoms with E-state index in [1.807, 2.05) is 17.2 Å². The van der Waals surface area contributed by atoms with Gasteiger partial charge in [-0.1, -0.05) is 36.4 Å². The molecule has 1 aromatic heterocycles. The van der Waals surface area contributed by atoms with Crippen LogP contribution in [-0.2, 0) is 17.9 Å². The maximum Gasteiger partial charge on any atom is 0.230 e. The number of nitrogens with zero attached hydrogens (tertiary/aromatic N) is 4. The van der Waals surface area contributed by atoms with E-state index < -0.39 is 0 Å². The maximum absolute atomic E-state index is 13.8. The number of carbonyl (C=O) groups is 1. The van der Waals surface area contributed by atoms with Gasteiger partial charge in [0.15, 0.2) is 0 Å². The van der Waals surface area contributed by atoms with Crippen LogP contribution in [0.5, 0.6) is 0 Å². The zero-order chi connectivity index (χ0) is 24.9. The first-order valence-corrected chi connectivity index (χ1v) is 13.2. The van der Waals surface area contributed by atoms with Crippen molar-refractivity contribution in [3.05, 3.63) is 89.9 Å². The Morgan fingerprint density at radius 2 is 1.61 bits per heavy atom. The first-order valence-electron chi connectivity index (χ1n) is 13.2. The van der Waals surface area contributed by atoms with Crippen molar-refractivity contribution in [3.8, 4) is 0 Å². The second-order valence-corrected chi connectivity index (χ2v) is 9.98. The number of hydrogen-bond acceptors (Lipinski definition) is 4. The SMILES string of the molecule is CCN(c1ccc(CN(C(=O)C2CCN(Cc3ccccc3)CC2)c2ccc(F)cc2)cn1)C1CC1.Cl.Cl. The summed E-state index contributed by atoms with van der Waals surface area (Å²) >= 11 is 0. The number of benzene rings is 2. The number of amides is 1. The third-order valence-electron chi connectivity index (χ3n) is 7.36. The van der Waals surface area contributed by atoms with Crippen molar-refractivity contribution in [2.45, 2.75) is 51.7 Å². The second-order valence-electron chi connectivity index (χ2n) is 9.98. The van der Waals surface area contributed by atoms with Crippen molar-refractivity contribution in [2.24, 2.45) is 5.92 Å². The van der Waals surface area contributed by atoms with Crippen LogP contribution in [0.25, 0.3) is 0 Å². The van der Waals surface area contributed by atoms with E-state index in [1.54, 1.807) is 12.1 Å². The summed E-state index contributed by atoms with van der Waals surface area (Å²) in [6, 6.07) is 21.5. The van der Waals surface area contributed by atoms with Gasteiger partial charge >= 0.3 is 0 Å². The number of hydrogen-bond donors (Lipinski definition) is 0. The molecule has 2 heterocycles. The van der Waals surface area contributed by atoms with Crippen LogP contribution in [0.4, 0.5) is 15.9 Å². The molecule has 3 aromatic rings. The van der Waals surface area contributed by atoms with E-state index in [2.05, 4.69) is 53.1 Å². The minimum absolute atomic E-state index is 0. The Hall–Kier alpha value is -2.67. The fraction of sp³-hybridized carbons (Fsp3) is 0.400. The molecular weight excluding hydrogens is 522 g/mol. The highest BCUT2D eigenvalue weighted by Gasteiger charge is 2.31. The number of anilines is 2. The van der Waals surface area contributed by atoms with Crippen LogP contribution < -0.4 is 9.80 Å². The third kappa shape index (κ3) is 7.46. The molecule has 38 heavy (non-hydrogen) atoms. The molecule has 204 valence electrons. The first kappa shape index (κ1) is 29.9. The molecule has 1 saturated carbocycles. The monoisotopic (exact) mass is 558 g/mol. The Morgan fingerprint density at radius 1 is 0.921 bits per heavy atom. The molecule has 1 aliphatic carbocycles. The topological polar surface area (TPSA) is 39.7 Å². The zero-order valence-corrected chi connectivity index (χ0v) is 23.5. The molecule has 1 saturated heterocycles. The zero-order valence-electron chi connectivity index (χ0n) is 21.8. The molecule has 0 atom stereocenters. The molecule has 0 spiro atoms. The van der Waals surface area contributed by atoms with Gasteiger partial charge in [-0.2, -0.15) is 0 Å². The number of pyridine rings is 1. The van der Waals surface area contributed by atoms with Crippen LogP contribution in [0.3, 0.4) is 0 Å². The van der Waals surface area contributed by atoms with Gasteiger partial charge in [0.05, 0.1) is 6.54 Å². The van der Waals surface area contributed by atoms with E-state index in [0.29, 0.717) is 12.6 Å². The van der Waals surface area contributed by atoms with Crippen molar-refractivity contribution < 1.29 is 9.18 Å². The predicted octanol–water partition coefficient (Wildman–Crippen LogP) is 6.50. The van der Waals surface area contributed by atoms with Gasteiger partial charge in [0.2, 0.25) is 5.91 Å². The number of rotatable bonds is 9. The first-order chi connectivity index (χ1) is 17.6. The summed E-state index contributed by atoms with van der Waals surface area (Å²) in [6.07, 6.45) is 6.00. The van der Waals surface area contributed by atoms with E-state index in [1.165, 1.54) is 30.5 Å². The molecule has 0 bridgehead atoms. The number of carbonyl (C=O) groups excluding carboxylic acids is 1. The quantitative estimate of drug-likeness (QED) is 0.300. The summed E-state index contributed by atoms with van der Waals surface area (Å²) in [4.78, 5) is 25.0. The molecule has 0 unspecified atom stereocenters. The predicted molar refractivity (Wildman–Crippen MR) is 157 cm³/mol. The fourth-order valence-corrected chi connectivity index (χ4v) is 5.17. The van der Waals surface area contributed by atoms with E-state index >= 15 is 0 Å². The largest absolute Gasteiger partial charge is 0.354 e. The van der Waals surface area contributed by atoms with E-state index in [0.717, 1.165) is 56.1 Å². The highest BCUT2D eigenvalue weighted by Crippen LogP contribution is 2.31. The number of halogens is 3. The van der Waals surface area contributed by atoms with Gasteiger partial charge in [-0.25, -0.2) is 9.37 Å². The lowest BCUT2D eigenvalue weighted by molar-refractivity contribution is -0.124. The standard InChI is InChI=1S/C30H35FN4O.2ClH/c1-2-34(27-13-14-27)29-15-8-24(20-32-29)22-35(28-11-9-26(31)10-12-28)30(36)25-16-18-33(19-17-25)21-23-6-4-3-5-7-23;;/h3-12,15,20,25,27H,2,13-14,16-19,21-22H2,1H3;2*1H. The second kappa shape index (κ2) is 13.9. The summed E-state index contributed by atoms with van der Waals surface area (Å²) in [7, 11) is 0. The fourth-order valence-electron chi connectivity index (χ4n) is 5.17. The Labute approximate surface area is 237 Å². The van der Waals surface area contributed by atoms with Gasteiger partial charge in [-0.15, -0.1) is 24.8 Å². The van der Waals surface area contributed by atoms with Crippen LogP contribution >= 0.6 is 24.8 Å². The maximum atomic E-state index is 13.8. The Balaban J connectivity index is 0.00000200. The highest BCUT2D eigenvalue weighted by atomic mass is 35.5. The van der Waals surface area contributed by atoms with E-state index in [9.17, 15) is 9.18 Å². The lowest BCUT2D eigenvalue weighted by atomic mass is 9.94. The Kier molecular flexibility index (Phi) is 11.0. The normalized spacial score (nSPS) is 15.7. The van der Waals surface area contributed by atoms with E-state index in [-0.39, 0.29) is 42.5 Å². The van der Waals surface area contributed by atoms with Crippen LogP contribution in [-0.4, -0.2) is 41.5 Å². The van der Waals surface area contributed by atoms with Gasteiger partial charge in [0.25, 0.3) is 0 Å². The molecular formula is C30H37Cl2FN4O. The van der Waals surface area contributed by atoms with Crippen molar-refractivity contribution >= 4 is 42.2 Å². The van der Waals surface area contributed by atoms with Gasteiger partial charge in [-0.05, 0) is 87.2 Å². The average molecular weight is 560 g/mol. The Bertz CT molecular complexity index is 1140. The van der Waals surface area contributed by atoms with Crippen molar-refractivity contribution in [1.82, 2.24) is 9.88 Å². The minimum atomic E-state index is -0.300. The molecule has 2 aliphatic rings. The number of piperidine rings is 1. The minimum Gasteiger partial charge on any atom is -0.354 e. The molecule has 0 N–H and O–H groups in total. The van der Waals surface area contributed by atoms with Crippen molar-refractivity contribution in [1.29, 1.82) is 0 Å². The molecule has 1 aliphatic heterocycles. The number of aromatic nitrogens is 1. The van der Waals surface area contributed by atoms with Gasteiger partial charge < -0.3 is 9.80 Å². The number of likely N-dealkylation sites (tertiary alicyclic amines) is 1. The Morgan fingerprint density at radius 3 is 2.18 bits per heavy atom. The summed E-state index contributed by atoms with van der Waals surface area (Å²) in [5, 5.41) is 0. The summed E-state index contributed by atoms with van der Waals surface area (Å²) < 4.78 is 13.7. The molecule has 0 radical (unpaired) electrons. The van der Waals surface area contributed by atoms with Crippen molar-refractivity contribution in [2.75, 3.05) is 29.4 Å². The lowest BCUT2D eigenvalue weighted by Crippen LogP contribution is -2.42.